The summed E-state index contributed by atoms with van der Waals surface area (Å²) in [6.45, 7) is 9.27. The number of hydrogen-bond acceptors (Lipinski definition) is 4. The molecule has 0 aliphatic heterocycles. The maximum atomic E-state index is 12.8. The predicted molar refractivity (Wildman–Crippen MR) is 102 cm³/mol. The summed E-state index contributed by atoms with van der Waals surface area (Å²) in [5.41, 5.74) is 2.17. The zero-order valence-corrected chi connectivity index (χ0v) is 16.1. The molecule has 2 aromatic rings. The van der Waals surface area contributed by atoms with Gasteiger partial charge in [-0.15, -0.1) is 0 Å². The Morgan fingerprint density at radius 1 is 1.30 bits per heavy atom. The first-order valence-electron chi connectivity index (χ1n) is 8.62. The van der Waals surface area contributed by atoms with Crippen LogP contribution in [0.1, 0.15) is 29.5 Å². The lowest BCUT2D eigenvalue weighted by Crippen LogP contribution is -2.38. The molecule has 0 amide bonds. The second kappa shape index (κ2) is 7.06. The lowest BCUT2D eigenvalue weighted by molar-refractivity contribution is 0.401. The number of nitriles is 1. The fourth-order valence-corrected chi connectivity index (χ4v) is 4.94. The third-order valence-electron chi connectivity index (χ3n) is 5.20. The Morgan fingerprint density at radius 2 is 2.00 bits per heavy atom. The Balaban J connectivity index is 1.80. The SMILES string of the molecule is [C-]#[N+]C(CCC1(C#N)Cc2cc(OC)ccc21)S(=O)(=O)c1ccc(C)cc1. The topological polar surface area (TPSA) is 71.5 Å². The molecule has 2 atom stereocenters. The van der Waals surface area contributed by atoms with Gasteiger partial charge in [0.2, 0.25) is 0 Å². The van der Waals surface area contributed by atoms with Crippen LogP contribution < -0.4 is 4.74 Å². The molecule has 0 saturated carbocycles. The normalized spacial score (nSPS) is 19.1. The first-order chi connectivity index (χ1) is 12.9. The average Bonchev–Trinajstić information content (AvgIpc) is 2.65. The van der Waals surface area contributed by atoms with Gasteiger partial charge >= 0.3 is 5.37 Å². The van der Waals surface area contributed by atoms with Crippen molar-refractivity contribution >= 4 is 9.84 Å². The number of sulfone groups is 1. The Labute approximate surface area is 160 Å². The van der Waals surface area contributed by atoms with Gasteiger partial charge in [0.15, 0.2) is 0 Å². The van der Waals surface area contributed by atoms with Crippen LogP contribution in [0.2, 0.25) is 0 Å². The van der Waals surface area contributed by atoms with Crippen LogP contribution in [-0.2, 0) is 21.7 Å². The van der Waals surface area contributed by atoms with Crippen molar-refractivity contribution in [2.75, 3.05) is 7.11 Å². The van der Waals surface area contributed by atoms with Crippen molar-refractivity contribution in [1.29, 1.82) is 5.26 Å². The van der Waals surface area contributed by atoms with E-state index in [0.29, 0.717) is 12.8 Å². The molecule has 2 unspecified atom stereocenters. The van der Waals surface area contributed by atoms with E-state index in [4.69, 9.17) is 11.3 Å². The molecular weight excluding hydrogens is 360 g/mol. The first kappa shape index (κ1) is 18.9. The molecule has 0 saturated heterocycles. The quantitative estimate of drug-likeness (QED) is 0.714. The summed E-state index contributed by atoms with van der Waals surface area (Å²) < 4.78 is 30.8. The predicted octanol–water partition coefficient (Wildman–Crippen LogP) is 3.82. The van der Waals surface area contributed by atoms with E-state index in [0.717, 1.165) is 22.4 Å². The van der Waals surface area contributed by atoms with Crippen LogP contribution in [0.5, 0.6) is 5.75 Å². The molecule has 5 nitrogen and oxygen atoms in total. The number of rotatable bonds is 6. The van der Waals surface area contributed by atoms with Gasteiger partial charge in [0.05, 0.1) is 23.5 Å². The highest BCUT2D eigenvalue weighted by molar-refractivity contribution is 7.92. The molecule has 2 aromatic carbocycles. The Bertz CT molecular complexity index is 1050. The number of fused-ring (bicyclic) bond motifs is 1. The molecule has 0 aromatic heterocycles. The highest BCUT2D eigenvalue weighted by Gasteiger charge is 2.45. The van der Waals surface area contributed by atoms with E-state index in [1.54, 1.807) is 25.3 Å². The van der Waals surface area contributed by atoms with Crippen LogP contribution in [0.15, 0.2) is 47.4 Å². The zero-order valence-electron chi connectivity index (χ0n) is 15.3. The van der Waals surface area contributed by atoms with Crippen LogP contribution in [0.4, 0.5) is 0 Å². The van der Waals surface area contributed by atoms with Gasteiger partial charge in [0, 0.05) is 6.42 Å². The van der Waals surface area contributed by atoms with Crippen molar-refractivity contribution in [2.45, 2.75) is 41.9 Å². The zero-order chi connectivity index (χ0) is 19.7. The van der Waals surface area contributed by atoms with Crippen LogP contribution >= 0.6 is 0 Å². The molecule has 0 heterocycles. The van der Waals surface area contributed by atoms with Gasteiger partial charge in [-0.05, 0) is 55.2 Å². The molecule has 6 heteroatoms. The summed E-state index contributed by atoms with van der Waals surface area (Å²) in [5.74, 6) is 0.737. The Hall–Kier alpha value is -2.83. The van der Waals surface area contributed by atoms with Crippen LogP contribution in [0.25, 0.3) is 4.85 Å². The monoisotopic (exact) mass is 380 g/mol. The summed E-state index contributed by atoms with van der Waals surface area (Å²) >= 11 is 0. The summed E-state index contributed by atoms with van der Waals surface area (Å²) in [6, 6.07) is 14.4. The van der Waals surface area contributed by atoms with E-state index < -0.39 is 20.6 Å². The van der Waals surface area contributed by atoms with Crippen LogP contribution in [0, 0.1) is 24.8 Å². The van der Waals surface area contributed by atoms with E-state index in [9.17, 15) is 13.7 Å². The Morgan fingerprint density at radius 3 is 2.56 bits per heavy atom. The minimum absolute atomic E-state index is 0.124. The highest BCUT2D eigenvalue weighted by Crippen LogP contribution is 2.46. The van der Waals surface area contributed by atoms with Gasteiger partial charge < -0.3 is 4.74 Å². The minimum Gasteiger partial charge on any atom is -0.497 e. The van der Waals surface area contributed by atoms with Crippen molar-refractivity contribution in [3.8, 4) is 11.8 Å². The molecule has 0 spiro atoms. The average molecular weight is 380 g/mol. The van der Waals surface area contributed by atoms with Crippen molar-refractivity contribution in [2.24, 2.45) is 0 Å². The third kappa shape index (κ3) is 3.29. The smallest absolute Gasteiger partial charge is 0.325 e. The molecule has 0 fully saturated rings. The maximum absolute atomic E-state index is 12.8. The highest BCUT2D eigenvalue weighted by atomic mass is 32.2. The van der Waals surface area contributed by atoms with Crippen LogP contribution in [0.3, 0.4) is 0 Å². The minimum atomic E-state index is -3.75. The summed E-state index contributed by atoms with van der Waals surface area (Å²) in [4.78, 5) is 3.52. The molecule has 0 bridgehead atoms. The number of ether oxygens (including phenoxy) is 1. The summed E-state index contributed by atoms with van der Waals surface area (Å²) in [7, 11) is -2.16. The number of hydrogen-bond donors (Lipinski definition) is 0. The van der Waals surface area contributed by atoms with E-state index in [1.807, 2.05) is 19.1 Å². The second-order valence-corrected chi connectivity index (χ2v) is 8.98. The van der Waals surface area contributed by atoms with Gasteiger partial charge in [-0.1, -0.05) is 23.8 Å². The van der Waals surface area contributed by atoms with Crippen LogP contribution in [-0.4, -0.2) is 20.9 Å². The second-order valence-electron chi connectivity index (χ2n) is 6.87. The molecule has 3 rings (SSSR count). The number of benzene rings is 2. The summed E-state index contributed by atoms with van der Waals surface area (Å²) in [6.07, 6.45) is 1.00. The van der Waals surface area contributed by atoms with Crippen molar-refractivity contribution in [3.05, 3.63) is 70.6 Å². The van der Waals surface area contributed by atoms with Gasteiger partial charge in [0.1, 0.15) is 5.75 Å². The maximum Gasteiger partial charge on any atom is 0.325 e. The van der Waals surface area contributed by atoms with Gasteiger partial charge in [-0.2, -0.15) is 5.26 Å². The van der Waals surface area contributed by atoms with E-state index in [1.165, 1.54) is 12.1 Å². The van der Waals surface area contributed by atoms with Gasteiger partial charge in [-0.25, -0.2) is 15.0 Å². The molecule has 1 aliphatic rings. The Kier molecular flexibility index (Phi) is 4.95. The van der Waals surface area contributed by atoms with E-state index in [-0.39, 0.29) is 11.3 Å². The fraction of sp³-hybridized carbons (Fsp3) is 0.333. The molecular formula is C21H20N2O3S. The van der Waals surface area contributed by atoms with Gasteiger partial charge in [0.25, 0.3) is 9.84 Å². The summed E-state index contributed by atoms with van der Waals surface area (Å²) in [5, 5.41) is 8.55. The lowest BCUT2D eigenvalue weighted by Gasteiger charge is -2.38. The largest absolute Gasteiger partial charge is 0.497 e. The lowest BCUT2D eigenvalue weighted by atomic mass is 9.62. The van der Waals surface area contributed by atoms with Crippen molar-refractivity contribution < 1.29 is 13.2 Å². The number of aryl methyl sites for hydroxylation is 1. The molecule has 138 valence electrons. The number of methoxy groups -OCH3 is 1. The van der Waals surface area contributed by atoms with E-state index >= 15 is 0 Å². The first-order valence-corrected chi connectivity index (χ1v) is 10.2. The fourth-order valence-electron chi connectivity index (χ4n) is 3.55. The van der Waals surface area contributed by atoms with Crippen molar-refractivity contribution in [3.63, 3.8) is 0 Å². The third-order valence-corrected chi connectivity index (χ3v) is 7.19. The van der Waals surface area contributed by atoms with Gasteiger partial charge in [-0.3, -0.25) is 4.85 Å². The molecule has 0 radical (unpaired) electrons. The molecule has 0 N–H and O–H groups in total. The van der Waals surface area contributed by atoms with E-state index in [2.05, 4.69) is 10.9 Å². The molecule has 1 aliphatic carbocycles. The van der Waals surface area contributed by atoms with Crippen molar-refractivity contribution in [1.82, 2.24) is 0 Å². The number of nitrogens with zero attached hydrogens (tertiary/aromatic N) is 2. The molecule has 27 heavy (non-hydrogen) atoms. The standard InChI is InChI=1S/C21H20N2O3S/c1-15-4-7-18(8-5-15)27(24,25)20(23-2)10-11-21(14-22)13-16-12-17(26-3)6-9-19(16)21/h4-9,12,20H,10-11,13H2,1,3H3.